The second kappa shape index (κ2) is 8.26. The van der Waals surface area contributed by atoms with Gasteiger partial charge in [0.15, 0.2) is 5.11 Å². The minimum atomic E-state index is -0.441. The molecule has 2 N–H and O–H groups in total. The van der Waals surface area contributed by atoms with E-state index in [1.807, 2.05) is 24.3 Å². The molecule has 0 amide bonds. The maximum Gasteiger partial charge on any atom is 0.292 e. The third-order valence-electron chi connectivity index (χ3n) is 3.60. The van der Waals surface area contributed by atoms with Gasteiger partial charge in [0.25, 0.3) is 5.69 Å². The van der Waals surface area contributed by atoms with E-state index in [0.29, 0.717) is 10.8 Å². The quantitative estimate of drug-likeness (QED) is 0.464. The van der Waals surface area contributed by atoms with E-state index in [1.54, 1.807) is 18.2 Å². The van der Waals surface area contributed by atoms with Crippen molar-refractivity contribution in [2.75, 3.05) is 28.6 Å². The zero-order chi connectivity index (χ0) is 17.5. The molecule has 6 nitrogen and oxygen atoms in total. The summed E-state index contributed by atoms with van der Waals surface area (Å²) in [5, 5.41) is 17.2. The first kappa shape index (κ1) is 17.7. The fourth-order valence-corrected chi connectivity index (χ4v) is 2.60. The highest BCUT2D eigenvalue weighted by Crippen LogP contribution is 2.23. The van der Waals surface area contributed by atoms with Crippen LogP contribution >= 0.6 is 12.2 Å². The predicted molar refractivity (Wildman–Crippen MR) is 103 cm³/mol. The van der Waals surface area contributed by atoms with Crippen LogP contribution in [0.2, 0.25) is 0 Å². The van der Waals surface area contributed by atoms with Crippen molar-refractivity contribution in [1.82, 2.24) is 0 Å². The highest BCUT2D eigenvalue weighted by atomic mass is 32.1. The lowest BCUT2D eigenvalue weighted by molar-refractivity contribution is -0.383. The number of hydrogen-bond donors (Lipinski definition) is 2. The van der Waals surface area contributed by atoms with Gasteiger partial charge in [-0.1, -0.05) is 12.1 Å². The summed E-state index contributed by atoms with van der Waals surface area (Å²) in [6.07, 6.45) is 0. The van der Waals surface area contributed by atoms with Gasteiger partial charge in [0.1, 0.15) is 5.69 Å². The SMILES string of the molecule is CCN(CC)c1ccc(NC(=S)Nc2ccccc2[N+](=O)[O-])cc1. The molecule has 2 rings (SSSR count). The Labute approximate surface area is 146 Å². The Hall–Kier alpha value is -2.67. The van der Waals surface area contributed by atoms with E-state index in [2.05, 4.69) is 29.4 Å². The van der Waals surface area contributed by atoms with E-state index in [9.17, 15) is 10.1 Å². The van der Waals surface area contributed by atoms with Crippen LogP contribution in [0.3, 0.4) is 0 Å². The van der Waals surface area contributed by atoms with Crippen molar-refractivity contribution >= 4 is 40.1 Å². The summed E-state index contributed by atoms with van der Waals surface area (Å²) in [6.45, 7) is 6.12. The maximum atomic E-state index is 11.0. The van der Waals surface area contributed by atoms with Crippen molar-refractivity contribution in [3.63, 3.8) is 0 Å². The van der Waals surface area contributed by atoms with Gasteiger partial charge in [-0.2, -0.15) is 0 Å². The van der Waals surface area contributed by atoms with E-state index in [-0.39, 0.29) is 5.69 Å². The van der Waals surface area contributed by atoms with Gasteiger partial charge in [0.2, 0.25) is 0 Å². The Kier molecular flexibility index (Phi) is 6.08. The van der Waals surface area contributed by atoms with Gasteiger partial charge in [0.05, 0.1) is 4.92 Å². The average Bonchev–Trinajstić information content (AvgIpc) is 2.57. The van der Waals surface area contributed by atoms with Crippen LogP contribution in [0.5, 0.6) is 0 Å². The molecule has 0 saturated carbocycles. The second-order valence-electron chi connectivity index (χ2n) is 5.07. The summed E-state index contributed by atoms with van der Waals surface area (Å²) >= 11 is 5.24. The number of rotatable bonds is 6. The van der Waals surface area contributed by atoms with Crippen LogP contribution in [0.1, 0.15) is 13.8 Å². The van der Waals surface area contributed by atoms with Crippen molar-refractivity contribution in [1.29, 1.82) is 0 Å². The number of para-hydroxylation sites is 2. The summed E-state index contributed by atoms with van der Waals surface area (Å²) in [4.78, 5) is 12.8. The topological polar surface area (TPSA) is 70.4 Å². The minimum Gasteiger partial charge on any atom is -0.372 e. The molecule has 0 spiro atoms. The van der Waals surface area contributed by atoms with Crippen LogP contribution in [0.15, 0.2) is 48.5 Å². The summed E-state index contributed by atoms with van der Waals surface area (Å²) in [5.41, 5.74) is 2.31. The van der Waals surface area contributed by atoms with Crippen LogP contribution in [0.25, 0.3) is 0 Å². The van der Waals surface area contributed by atoms with E-state index in [0.717, 1.165) is 24.5 Å². The third kappa shape index (κ3) is 4.42. The lowest BCUT2D eigenvalue weighted by Gasteiger charge is -2.21. The molecule has 0 fully saturated rings. The van der Waals surface area contributed by atoms with Crippen LogP contribution < -0.4 is 15.5 Å². The normalized spacial score (nSPS) is 10.1. The Morgan fingerprint density at radius 2 is 1.71 bits per heavy atom. The first-order valence-electron chi connectivity index (χ1n) is 7.71. The van der Waals surface area contributed by atoms with Gasteiger partial charge >= 0.3 is 0 Å². The summed E-state index contributed by atoms with van der Waals surface area (Å²) in [7, 11) is 0. The number of nitrogens with zero attached hydrogens (tertiary/aromatic N) is 2. The molecule has 0 heterocycles. The van der Waals surface area contributed by atoms with Gasteiger partial charge in [-0.05, 0) is 56.4 Å². The average molecular weight is 344 g/mol. The molecule has 0 atom stereocenters. The molecule has 0 aliphatic rings. The monoisotopic (exact) mass is 344 g/mol. The van der Waals surface area contributed by atoms with E-state index < -0.39 is 4.92 Å². The zero-order valence-electron chi connectivity index (χ0n) is 13.7. The van der Waals surface area contributed by atoms with Crippen molar-refractivity contribution in [3.8, 4) is 0 Å². The molecule has 2 aromatic carbocycles. The van der Waals surface area contributed by atoms with Crippen molar-refractivity contribution in [3.05, 3.63) is 58.6 Å². The molecule has 0 aliphatic carbocycles. The summed E-state index contributed by atoms with van der Waals surface area (Å²) in [5.74, 6) is 0. The van der Waals surface area contributed by atoms with E-state index in [1.165, 1.54) is 6.07 Å². The van der Waals surface area contributed by atoms with Crippen LogP contribution in [0.4, 0.5) is 22.7 Å². The van der Waals surface area contributed by atoms with Crippen molar-refractivity contribution in [2.45, 2.75) is 13.8 Å². The molecule has 0 saturated heterocycles. The standard InChI is InChI=1S/C17H20N4O2S/c1-3-20(4-2)14-11-9-13(10-12-14)18-17(24)19-15-7-5-6-8-16(15)21(22)23/h5-12H,3-4H2,1-2H3,(H2,18,19,24). The molecule has 0 radical (unpaired) electrons. The van der Waals surface area contributed by atoms with Gasteiger partial charge in [-0.15, -0.1) is 0 Å². The Bertz CT molecular complexity index is 715. The molecule has 0 unspecified atom stereocenters. The fraction of sp³-hybridized carbons (Fsp3) is 0.235. The Balaban J connectivity index is 2.04. The second-order valence-corrected chi connectivity index (χ2v) is 5.48. The van der Waals surface area contributed by atoms with Crippen LogP contribution in [-0.2, 0) is 0 Å². The number of thiocarbonyl (C=S) groups is 1. The zero-order valence-corrected chi connectivity index (χ0v) is 14.5. The van der Waals surface area contributed by atoms with Gasteiger partial charge in [0, 0.05) is 30.5 Å². The number of nitrogens with one attached hydrogen (secondary N) is 2. The molecule has 126 valence electrons. The number of nitro groups is 1. The molecule has 0 aromatic heterocycles. The van der Waals surface area contributed by atoms with E-state index in [4.69, 9.17) is 12.2 Å². The van der Waals surface area contributed by atoms with E-state index >= 15 is 0 Å². The maximum absolute atomic E-state index is 11.0. The predicted octanol–water partition coefficient (Wildman–Crippen LogP) is 4.25. The first-order valence-corrected chi connectivity index (χ1v) is 8.12. The molecule has 0 aliphatic heterocycles. The molecule has 0 bridgehead atoms. The highest BCUT2D eigenvalue weighted by Gasteiger charge is 2.13. The van der Waals surface area contributed by atoms with Gasteiger partial charge < -0.3 is 15.5 Å². The van der Waals surface area contributed by atoms with Gasteiger partial charge in [-0.25, -0.2) is 0 Å². The van der Waals surface area contributed by atoms with Crippen molar-refractivity contribution < 1.29 is 4.92 Å². The molecule has 24 heavy (non-hydrogen) atoms. The number of hydrogen-bond acceptors (Lipinski definition) is 4. The largest absolute Gasteiger partial charge is 0.372 e. The Morgan fingerprint density at radius 1 is 1.08 bits per heavy atom. The Morgan fingerprint density at radius 3 is 2.29 bits per heavy atom. The fourth-order valence-electron chi connectivity index (χ4n) is 2.37. The lowest BCUT2D eigenvalue weighted by atomic mass is 10.2. The summed E-state index contributed by atoms with van der Waals surface area (Å²) < 4.78 is 0. The van der Waals surface area contributed by atoms with Crippen LogP contribution in [-0.4, -0.2) is 23.1 Å². The molecule has 2 aromatic rings. The molecule has 7 heteroatoms. The molecular weight excluding hydrogens is 324 g/mol. The first-order chi connectivity index (χ1) is 11.5. The number of benzene rings is 2. The molecular formula is C17H20N4O2S. The lowest BCUT2D eigenvalue weighted by Crippen LogP contribution is -2.22. The smallest absolute Gasteiger partial charge is 0.292 e. The minimum absolute atomic E-state index is 0.0152. The van der Waals surface area contributed by atoms with Crippen molar-refractivity contribution in [2.24, 2.45) is 0 Å². The van der Waals surface area contributed by atoms with Crippen LogP contribution in [0, 0.1) is 10.1 Å². The number of anilines is 3. The number of nitro benzene ring substituents is 1. The highest BCUT2D eigenvalue weighted by molar-refractivity contribution is 7.80. The third-order valence-corrected chi connectivity index (χ3v) is 3.81. The van der Waals surface area contributed by atoms with Gasteiger partial charge in [-0.3, -0.25) is 10.1 Å². The summed E-state index contributed by atoms with van der Waals surface area (Å²) in [6, 6.07) is 14.3.